The number of rotatable bonds is 3. The number of aryl methyl sites for hydroxylation is 2. The van der Waals surface area contributed by atoms with E-state index in [1.165, 1.54) is 5.56 Å². The number of carbonyl (C=O) groups excluding carboxylic acids is 2. The standard InChI is InChI=1S/C22H26N2O2/c1-14(2)22(26)24-10-9-17-7-8-19(12-18(17)13-24)23-21(25)20-11-15(3)5-6-16(20)4/h5-8,11-12,14H,9-10,13H2,1-4H3,(H,23,25). The van der Waals surface area contributed by atoms with Gasteiger partial charge in [-0.15, -0.1) is 0 Å². The predicted octanol–water partition coefficient (Wildman–Crippen LogP) is 4.10. The smallest absolute Gasteiger partial charge is 0.255 e. The van der Waals surface area contributed by atoms with Crippen molar-refractivity contribution in [3.05, 3.63) is 64.2 Å². The summed E-state index contributed by atoms with van der Waals surface area (Å²) in [4.78, 5) is 26.8. The molecule has 0 spiro atoms. The van der Waals surface area contributed by atoms with Crippen molar-refractivity contribution in [2.45, 2.75) is 40.7 Å². The molecule has 0 bridgehead atoms. The van der Waals surface area contributed by atoms with Crippen LogP contribution in [0.4, 0.5) is 5.69 Å². The van der Waals surface area contributed by atoms with Crippen LogP contribution in [0.1, 0.15) is 46.5 Å². The van der Waals surface area contributed by atoms with Crippen molar-refractivity contribution < 1.29 is 9.59 Å². The quantitative estimate of drug-likeness (QED) is 0.906. The molecule has 1 aliphatic heterocycles. The lowest BCUT2D eigenvalue weighted by Gasteiger charge is -2.30. The lowest BCUT2D eigenvalue weighted by Crippen LogP contribution is -2.38. The van der Waals surface area contributed by atoms with Crippen LogP contribution < -0.4 is 5.32 Å². The van der Waals surface area contributed by atoms with E-state index in [1.807, 2.05) is 62.9 Å². The van der Waals surface area contributed by atoms with Crippen molar-refractivity contribution in [1.29, 1.82) is 0 Å². The fourth-order valence-corrected chi connectivity index (χ4v) is 3.37. The van der Waals surface area contributed by atoms with Crippen LogP contribution >= 0.6 is 0 Å². The average Bonchev–Trinajstić information content (AvgIpc) is 2.62. The molecule has 0 atom stereocenters. The van der Waals surface area contributed by atoms with Gasteiger partial charge in [0, 0.05) is 30.3 Å². The van der Waals surface area contributed by atoms with Gasteiger partial charge in [0.2, 0.25) is 5.91 Å². The molecule has 2 amide bonds. The Bertz CT molecular complexity index is 855. The number of fused-ring (bicyclic) bond motifs is 1. The van der Waals surface area contributed by atoms with E-state index in [9.17, 15) is 9.59 Å². The summed E-state index contributed by atoms with van der Waals surface area (Å²) in [5.74, 6) is 0.0845. The number of amides is 2. The predicted molar refractivity (Wildman–Crippen MR) is 104 cm³/mol. The molecule has 136 valence electrons. The molecule has 4 nitrogen and oxygen atoms in total. The maximum Gasteiger partial charge on any atom is 0.255 e. The van der Waals surface area contributed by atoms with Gasteiger partial charge in [-0.2, -0.15) is 0 Å². The van der Waals surface area contributed by atoms with Gasteiger partial charge in [0.1, 0.15) is 0 Å². The fourth-order valence-electron chi connectivity index (χ4n) is 3.37. The minimum Gasteiger partial charge on any atom is -0.338 e. The Hall–Kier alpha value is -2.62. The minimum absolute atomic E-state index is 0.00345. The second-order valence-corrected chi connectivity index (χ2v) is 7.42. The third-order valence-corrected chi connectivity index (χ3v) is 4.92. The summed E-state index contributed by atoms with van der Waals surface area (Å²) in [6, 6.07) is 11.9. The SMILES string of the molecule is Cc1ccc(C)c(C(=O)Nc2ccc3c(c2)CN(C(=O)C(C)C)CC3)c1. The lowest BCUT2D eigenvalue weighted by molar-refractivity contribution is -0.135. The molecule has 1 aliphatic rings. The van der Waals surface area contributed by atoms with Gasteiger partial charge in [-0.1, -0.05) is 37.6 Å². The van der Waals surface area contributed by atoms with Gasteiger partial charge in [-0.3, -0.25) is 9.59 Å². The molecular weight excluding hydrogens is 324 g/mol. The van der Waals surface area contributed by atoms with Gasteiger partial charge in [-0.25, -0.2) is 0 Å². The van der Waals surface area contributed by atoms with Crippen LogP contribution in [0.5, 0.6) is 0 Å². The second-order valence-electron chi connectivity index (χ2n) is 7.42. The molecular formula is C22H26N2O2. The highest BCUT2D eigenvalue weighted by Gasteiger charge is 2.23. The third kappa shape index (κ3) is 3.79. The van der Waals surface area contributed by atoms with E-state index in [4.69, 9.17) is 0 Å². The molecule has 1 heterocycles. The average molecular weight is 350 g/mol. The van der Waals surface area contributed by atoms with E-state index in [-0.39, 0.29) is 17.7 Å². The first-order valence-electron chi connectivity index (χ1n) is 9.14. The van der Waals surface area contributed by atoms with Gasteiger partial charge in [0.25, 0.3) is 5.91 Å². The van der Waals surface area contributed by atoms with Crippen molar-refractivity contribution in [2.75, 3.05) is 11.9 Å². The summed E-state index contributed by atoms with van der Waals surface area (Å²) in [7, 11) is 0. The van der Waals surface area contributed by atoms with Crippen molar-refractivity contribution in [2.24, 2.45) is 5.92 Å². The highest BCUT2D eigenvalue weighted by Crippen LogP contribution is 2.24. The topological polar surface area (TPSA) is 49.4 Å². The molecule has 2 aromatic carbocycles. The summed E-state index contributed by atoms with van der Waals surface area (Å²) >= 11 is 0. The number of benzene rings is 2. The zero-order chi connectivity index (χ0) is 18.8. The van der Waals surface area contributed by atoms with Crippen LogP contribution in [-0.4, -0.2) is 23.3 Å². The molecule has 0 aromatic heterocycles. The van der Waals surface area contributed by atoms with Gasteiger partial charge >= 0.3 is 0 Å². The third-order valence-electron chi connectivity index (χ3n) is 4.92. The molecule has 0 fully saturated rings. The zero-order valence-electron chi connectivity index (χ0n) is 15.9. The lowest BCUT2D eigenvalue weighted by atomic mass is 9.98. The van der Waals surface area contributed by atoms with Crippen LogP contribution in [0, 0.1) is 19.8 Å². The zero-order valence-corrected chi connectivity index (χ0v) is 15.9. The number of hydrogen-bond donors (Lipinski definition) is 1. The number of hydrogen-bond acceptors (Lipinski definition) is 2. The Morgan fingerprint density at radius 2 is 1.81 bits per heavy atom. The number of anilines is 1. The highest BCUT2D eigenvalue weighted by atomic mass is 16.2. The van der Waals surface area contributed by atoms with Crippen LogP contribution in [-0.2, 0) is 17.8 Å². The minimum atomic E-state index is -0.0999. The maximum absolute atomic E-state index is 12.6. The molecule has 0 saturated carbocycles. The van der Waals surface area contributed by atoms with Crippen LogP contribution in [0.15, 0.2) is 36.4 Å². The summed E-state index contributed by atoms with van der Waals surface area (Å²) < 4.78 is 0. The van der Waals surface area contributed by atoms with E-state index in [0.29, 0.717) is 12.1 Å². The van der Waals surface area contributed by atoms with Gasteiger partial charge in [0.05, 0.1) is 0 Å². The van der Waals surface area contributed by atoms with Crippen molar-refractivity contribution in [1.82, 2.24) is 4.90 Å². The Kier molecular flexibility index (Phi) is 5.12. The fraction of sp³-hybridized carbons (Fsp3) is 0.364. The van der Waals surface area contributed by atoms with Gasteiger partial charge in [-0.05, 0) is 55.2 Å². The largest absolute Gasteiger partial charge is 0.338 e. The van der Waals surface area contributed by atoms with Crippen molar-refractivity contribution in [3.63, 3.8) is 0 Å². The highest BCUT2D eigenvalue weighted by molar-refractivity contribution is 6.05. The van der Waals surface area contributed by atoms with Crippen molar-refractivity contribution >= 4 is 17.5 Å². The normalized spacial score (nSPS) is 13.5. The summed E-state index contributed by atoms with van der Waals surface area (Å²) in [6.45, 7) is 9.15. The first-order valence-corrected chi connectivity index (χ1v) is 9.14. The molecule has 0 aliphatic carbocycles. The molecule has 3 rings (SSSR count). The van der Waals surface area contributed by atoms with Gasteiger partial charge < -0.3 is 10.2 Å². The monoisotopic (exact) mass is 350 g/mol. The van der Waals surface area contributed by atoms with E-state index in [1.54, 1.807) is 0 Å². The first-order chi connectivity index (χ1) is 12.3. The number of nitrogens with zero attached hydrogens (tertiary/aromatic N) is 1. The van der Waals surface area contributed by atoms with Gasteiger partial charge in [0.15, 0.2) is 0 Å². The Morgan fingerprint density at radius 1 is 1.04 bits per heavy atom. The molecule has 4 heteroatoms. The van der Waals surface area contributed by atoms with E-state index in [2.05, 4.69) is 11.4 Å². The number of nitrogens with one attached hydrogen (secondary N) is 1. The van der Waals surface area contributed by atoms with E-state index < -0.39 is 0 Å². The van der Waals surface area contributed by atoms with Crippen LogP contribution in [0.25, 0.3) is 0 Å². The summed E-state index contributed by atoms with van der Waals surface area (Å²) in [5.41, 5.74) is 5.85. The Balaban J connectivity index is 1.79. The Morgan fingerprint density at radius 3 is 2.54 bits per heavy atom. The second kappa shape index (κ2) is 7.32. The first kappa shape index (κ1) is 18.2. The molecule has 26 heavy (non-hydrogen) atoms. The molecule has 0 saturated heterocycles. The van der Waals surface area contributed by atoms with E-state index >= 15 is 0 Å². The van der Waals surface area contributed by atoms with Crippen LogP contribution in [0.3, 0.4) is 0 Å². The molecule has 0 radical (unpaired) electrons. The molecule has 1 N–H and O–H groups in total. The summed E-state index contributed by atoms with van der Waals surface area (Å²) in [6.07, 6.45) is 0.860. The molecule has 0 unspecified atom stereocenters. The maximum atomic E-state index is 12.6. The summed E-state index contributed by atoms with van der Waals surface area (Å²) in [5, 5.41) is 3.00. The number of carbonyl (C=O) groups is 2. The Labute approximate surface area is 155 Å². The van der Waals surface area contributed by atoms with Crippen molar-refractivity contribution in [3.8, 4) is 0 Å². The van der Waals surface area contributed by atoms with Crippen LogP contribution in [0.2, 0.25) is 0 Å². The molecule has 2 aromatic rings. The van der Waals surface area contributed by atoms with E-state index in [0.717, 1.165) is 35.3 Å².